The van der Waals surface area contributed by atoms with Crippen LogP contribution in [0.4, 0.5) is 0 Å². The maximum absolute atomic E-state index is 12.4. The minimum absolute atomic E-state index is 0.0835. The molecule has 1 atom stereocenters. The van der Waals surface area contributed by atoms with Gasteiger partial charge in [0.1, 0.15) is 6.10 Å². The molecule has 0 aliphatic carbocycles. The molecule has 1 aromatic heterocycles. The fourth-order valence-electron chi connectivity index (χ4n) is 2.79. The van der Waals surface area contributed by atoms with E-state index >= 15 is 0 Å². The molecule has 0 N–H and O–H groups in total. The van der Waals surface area contributed by atoms with Crippen LogP contribution < -0.4 is 0 Å². The largest absolute Gasteiger partial charge is 0.374 e. The zero-order valence-electron chi connectivity index (χ0n) is 13.8. The van der Waals surface area contributed by atoms with Crippen LogP contribution in [0, 0.1) is 0 Å². The van der Waals surface area contributed by atoms with Gasteiger partial charge in [0.25, 0.3) is 0 Å². The standard InChI is InChI=1S/C17H20ClN3O3/c1-11(23-2)17-19-15(24-20-17)6-7-16(22)21-9-8-13-12(10-21)4-3-5-14(13)18/h3-5,11H,6-10H2,1-2H3/t11-/m1/s1. The van der Waals surface area contributed by atoms with Gasteiger partial charge in [0.15, 0.2) is 5.82 Å². The molecule has 1 aliphatic rings. The number of amides is 1. The zero-order chi connectivity index (χ0) is 17.1. The molecule has 0 bridgehead atoms. The smallest absolute Gasteiger partial charge is 0.227 e. The van der Waals surface area contributed by atoms with Gasteiger partial charge in [0.2, 0.25) is 11.8 Å². The third-order valence-corrected chi connectivity index (χ3v) is 4.67. The number of hydrogen-bond donors (Lipinski definition) is 0. The predicted molar refractivity (Wildman–Crippen MR) is 88.6 cm³/mol. The molecular weight excluding hydrogens is 330 g/mol. The Balaban J connectivity index is 1.57. The summed E-state index contributed by atoms with van der Waals surface area (Å²) in [6.45, 7) is 3.13. The van der Waals surface area contributed by atoms with E-state index in [9.17, 15) is 4.79 Å². The monoisotopic (exact) mass is 349 g/mol. The van der Waals surface area contributed by atoms with Crippen LogP contribution in [0.2, 0.25) is 5.02 Å². The lowest BCUT2D eigenvalue weighted by molar-refractivity contribution is -0.132. The summed E-state index contributed by atoms with van der Waals surface area (Å²) in [6, 6.07) is 5.84. The number of halogens is 1. The van der Waals surface area contributed by atoms with Gasteiger partial charge in [-0.05, 0) is 30.5 Å². The zero-order valence-corrected chi connectivity index (χ0v) is 14.5. The summed E-state index contributed by atoms with van der Waals surface area (Å²) in [7, 11) is 1.59. The van der Waals surface area contributed by atoms with Crippen LogP contribution in [-0.4, -0.2) is 34.6 Å². The molecular formula is C17H20ClN3O3. The Kier molecular flexibility index (Phi) is 5.16. The van der Waals surface area contributed by atoms with Crippen molar-refractivity contribution in [2.45, 2.75) is 38.8 Å². The molecule has 0 fully saturated rings. The van der Waals surface area contributed by atoms with E-state index in [2.05, 4.69) is 10.1 Å². The van der Waals surface area contributed by atoms with Crippen molar-refractivity contribution >= 4 is 17.5 Å². The first kappa shape index (κ1) is 16.9. The number of ether oxygens (including phenoxy) is 1. The van der Waals surface area contributed by atoms with Crippen molar-refractivity contribution in [1.82, 2.24) is 15.0 Å². The molecule has 128 valence electrons. The highest BCUT2D eigenvalue weighted by molar-refractivity contribution is 6.31. The summed E-state index contributed by atoms with van der Waals surface area (Å²) >= 11 is 6.21. The van der Waals surface area contributed by atoms with Crippen LogP contribution in [0.25, 0.3) is 0 Å². The van der Waals surface area contributed by atoms with Gasteiger partial charge < -0.3 is 14.2 Å². The van der Waals surface area contributed by atoms with Crippen LogP contribution in [0.1, 0.15) is 42.3 Å². The van der Waals surface area contributed by atoms with E-state index in [4.69, 9.17) is 20.9 Å². The molecule has 0 saturated carbocycles. The van der Waals surface area contributed by atoms with E-state index < -0.39 is 0 Å². The number of aromatic nitrogens is 2. The first-order chi connectivity index (χ1) is 11.6. The molecule has 24 heavy (non-hydrogen) atoms. The highest BCUT2D eigenvalue weighted by Crippen LogP contribution is 2.26. The lowest BCUT2D eigenvalue weighted by Crippen LogP contribution is -2.36. The Morgan fingerprint density at radius 2 is 2.33 bits per heavy atom. The van der Waals surface area contributed by atoms with E-state index in [1.165, 1.54) is 0 Å². The third-order valence-electron chi connectivity index (χ3n) is 4.32. The molecule has 3 rings (SSSR count). The van der Waals surface area contributed by atoms with E-state index in [1.54, 1.807) is 7.11 Å². The lowest BCUT2D eigenvalue weighted by atomic mass is 9.99. The number of hydrogen-bond acceptors (Lipinski definition) is 5. The molecule has 1 amide bonds. The fraction of sp³-hybridized carbons (Fsp3) is 0.471. The summed E-state index contributed by atoms with van der Waals surface area (Å²) in [4.78, 5) is 18.6. The van der Waals surface area contributed by atoms with Gasteiger partial charge in [-0.25, -0.2) is 0 Å². The summed E-state index contributed by atoms with van der Waals surface area (Å²) < 4.78 is 10.3. The van der Waals surface area contributed by atoms with Crippen molar-refractivity contribution in [2.24, 2.45) is 0 Å². The molecule has 1 aliphatic heterocycles. The second-order valence-corrected chi connectivity index (χ2v) is 6.27. The maximum atomic E-state index is 12.4. The number of carbonyl (C=O) groups is 1. The highest BCUT2D eigenvalue weighted by Gasteiger charge is 2.22. The van der Waals surface area contributed by atoms with E-state index in [0.717, 1.165) is 22.6 Å². The van der Waals surface area contributed by atoms with E-state index in [0.29, 0.717) is 37.6 Å². The number of nitrogens with zero attached hydrogens (tertiary/aromatic N) is 3. The molecule has 6 nitrogen and oxygen atoms in total. The maximum Gasteiger partial charge on any atom is 0.227 e. The van der Waals surface area contributed by atoms with Crippen molar-refractivity contribution < 1.29 is 14.1 Å². The number of benzene rings is 1. The Labute approximate surface area is 145 Å². The topological polar surface area (TPSA) is 68.5 Å². The van der Waals surface area contributed by atoms with Gasteiger partial charge in [-0.2, -0.15) is 4.98 Å². The predicted octanol–water partition coefficient (Wildman–Crippen LogP) is 2.95. The van der Waals surface area contributed by atoms with E-state index in [-0.39, 0.29) is 12.0 Å². The van der Waals surface area contributed by atoms with Crippen molar-refractivity contribution in [1.29, 1.82) is 0 Å². The number of rotatable bonds is 5. The van der Waals surface area contributed by atoms with Gasteiger partial charge in [0.05, 0.1) is 0 Å². The average molecular weight is 350 g/mol. The Bertz CT molecular complexity index is 732. The summed E-state index contributed by atoms with van der Waals surface area (Å²) in [5, 5.41) is 4.65. The number of fused-ring (bicyclic) bond motifs is 1. The SMILES string of the molecule is CO[C@H](C)c1noc(CCC(=O)N2CCc3c(Cl)cccc3C2)n1. The first-order valence-electron chi connectivity index (χ1n) is 7.97. The molecule has 2 heterocycles. The Hall–Kier alpha value is -1.92. The minimum atomic E-state index is -0.221. The fourth-order valence-corrected chi connectivity index (χ4v) is 3.08. The second-order valence-electron chi connectivity index (χ2n) is 5.87. The average Bonchev–Trinajstić information content (AvgIpc) is 3.08. The van der Waals surface area contributed by atoms with Gasteiger partial charge in [-0.1, -0.05) is 28.9 Å². The normalized spacial score (nSPS) is 15.2. The van der Waals surface area contributed by atoms with Crippen LogP contribution in [-0.2, 0) is 28.9 Å². The van der Waals surface area contributed by atoms with Crippen LogP contribution in [0.5, 0.6) is 0 Å². The van der Waals surface area contributed by atoms with Gasteiger partial charge >= 0.3 is 0 Å². The van der Waals surface area contributed by atoms with Gasteiger partial charge in [-0.15, -0.1) is 0 Å². The number of aryl methyl sites for hydroxylation is 1. The molecule has 0 radical (unpaired) electrons. The van der Waals surface area contributed by atoms with Crippen molar-refractivity contribution in [3.63, 3.8) is 0 Å². The molecule has 0 unspecified atom stereocenters. The van der Waals surface area contributed by atoms with Crippen molar-refractivity contribution in [3.05, 3.63) is 46.1 Å². The third kappa shape index (κ3) is 3.60. The molecule has 7 heteroatoms. The first-order valence-corrected chi connectivity index (χ1v) is 8.35. The summed E-state index contributed by atoms with van der Waals surface area (Å²) in [5.74, 6) is 1.05. The second kappa shape index (κ2) is 7.32. The molecule has 2 aromatic rings. The summed E-state index contributed by atoms with van der Waals surface area (Å²) in [5.41, 5.74) is 2.27. The molecule has 0 saturated heterocycles. The molecule has 0 spiro atoms. The quantitative estimate of drug-likeness (QED) is 0.830. The van der Waals surface area contributed by atoms with Crippen LogP contribution >= 0.6 is 11.6 Å². The van der Waals surface area contributed by atoms with Crippen LogP contribution in [0.3, 0.4) is 0 Å². The number of methoxy groups -OCH3 is 1. The lowest BCUT2D eigenvalue weighted by Gasteiger charge is -2.29. The van der Waals surface area contributed by atoms with Gasteiger partial charge in [0, 0.05) is 38.1 Å². The minimum Gasteiger partial charge on any atom is -0.374 e. The van der Waals surface area contributed by atoms with Crippen molar-refractivity contribution in [3.8, 4) is 0 Å². The van der Waals surface area contributed by atoms with Crippen molar-refractivity contribution in [2.75, 3.05) is 13.7 Å². The Morgan fingerprint density at radius 1 is 1.50 bits per heavy atom. The number of carbonyl (C=O) groups excluding carboxylic acids is 1. The Morgan fingerprint density at radius 3 is 3.12 bits per heavy atom. The highest BCUT2D eigenvalue weighted by atomic mass is 35.5. The summed E-state index contributed by atoms with van der Waals surface area (Å²) in [6.07, 6.45) is 1.35. The van der Waals surface area contributed by atoms with E-state index in [1.807, 2.05) is 30.0 Å². The van der Waals surface area contributed by atoms with Gasteiger partial charge in [-0.3, -0.25) is 4.79 Å². The van der Waals surface area contributed by atoms with Crippen LogP contribution in [0.15, 0.2) is 22.7 Å². The molecule has 1 aromatic carbocycles.